The quantitative estimate of drug-likeness (QED) is 0.580. The van der Waals surface area contributed by atoms with Gasteiger partial charge in [0, 0.05) is 18.0 Å². The van der Waals surface area contributed by atoms with Crippen molar-refractivity contribution in [2.24, 2.45) is 0 Å². The van der Waals surface area contributed by atoms with Gasteiger partial charge >= 0.3 is 0 Å². The third-order valence-corrected chi connectivity index (χ3v) is 3.62. The summed E-state index contributed by atoms with van der Waals surface area (Å²) in [5.74, 6) is -0.355. The molecular weight excluding hydrogens is 297 g/mol. The summed E-state index contributed by atoms with van der Waals surface area (Å²) < 4.78 is 18.3. The van der Waals surface area contributed by atoms with Gasteiger partial charge < -0.3 is 4.40 Å². The fourth-order valence-corrected chi connectivity index (χ4v) is 2.47. The molecule has 0 radical (unpaired) electrons. The summed E-state index contributed by atoms with van der Waals surface area (Å²) in [5, 5.41) is 8.28. The minimum atomic E-state index is -0.355. The smallest absolute Gasteiger partial charge is 0.291 e. The fourth-order valence-electron chi connectivity index (χ4n) is 2.47. The first-order valence-corrected chi connectivity index (χ1v) is 7.03. The van der Waals surface area contributed by atoms with E-state index in [4.69, 9.17) is 0 Å². The lowest BCUT2D eigenvalue weighted by atomic mass is 10.3. The number of nitrogens with zero attached hydrogens (tertiary/aromatic N) is 5. The molecule has 0 atom stereocenters. The Bertz CT molecular complexity index is 1050. The fraction of sp³-hybridized carbons (Fsp3) is 0.0625. The molecular formula is C16H12FN5O. The number of hydrogen-bond donors (Lipinski definition) is 0. The van der Waals surface area contributed by atoms with Gasteiger partial charge in [0.1, 0.15) is 23.3 Å². The lowest BCUT2D eigenvalue weighted by Gasteiger charge is -2.03. The van der Waals surface area contributed by atoms with Crippen molar-refractivity contribution >= 4 is 5.52 Å². The monoisotopic (exact) mass is 309 g/mol. The minimum absolute atomic E-state index is 0.184. The van der Waals surface area contributed by atoms with E-state index in [0.29, 0.717) is 11.2 Å². The number of hydrogen-bond acceptors (Lipinski definition) is 3. The third kappa shape index (κ3) is 2.32. The van der Waals surface area contributed by atoms with Crippen LogP contribution in [0.25, 0.3) is 11.2 Å². The Balaban J connectivity index is 1.68. The summed E-state index contributed by atoms with van der Waals surface area (Å²) in [6, 6.07) is 9.92. The standard InChI is InChI=1S/C16H12FN5O/c17-13-4-1-2-5-14(13)21-9-12(8-18-21)10-22-16(23)15-6-3-7-20(15)11-19-22/h1-9,11H,10H2. The first-order chi connectivity index (χ1) is 11.2. The van der Waals surface area contributed by atoms with Crippen molar-refractivity contribution < 1.29 is 4.39 Å². The summed E-state index contributed by atoms with van der Waals surface area (Å²) in [4.78, 5) is 12.3. The number of fused-ring (bicyclic) bond motifs is 1. The highest BCUT2D eigenvalue weighted by Gasteiger charge is 2.08. The Morgan fingerprint density at radius 1 is 1.09 bits per heavy atom. The van der Waals surface area contributed by atoms with Crippen LogP contribution in [0.3, 0.4) is 0 Å². The lowest BCUT2D eigenvalue weighted by Crippen LogP contribution is -2.24. The highest BCUT2D eigenvalue weighted by molar-refractivity contribution is 5.44. The maximum atomic E-state index is 13.8. The van der Waals surface area contributed by atoms with Crippen LogP contribution < -0.4 is 5.56 Å². The zero-order valence-corrected chi connectivity index (χ0v) is 12.0. The molecule has 0 N–H and O–H groups in total. The van der Waals surface area contributed by atoms with E-state index in [9.17, 15) is 9.18 Å². The highest BCUT2D eigenvalue weighted by Crippen LogP contribution is 2.12. The molecule has 0 aliphatic carbocycles. The van der Waals surface area contributed by atoms with Crippen LogP contribution >= 0.6 is 0 Å². The van der Waals surface area contributed by atoms with E-state index in [1.54, 1.807) is 59.7 Å². The molecule has 23 heavy (non-hydrogen) atoms. The largest absolute Gasteiger partial charge is 0.301 e. The predicted octanol–water partition coefficient (Wildman–Crippen LogP) is 1.87. The van der Waals surface area contributed by atoms with Crippen molar-refractivity contribution in [1.29, 1.82) is 0 Å². The molecule has 0 unspecified atom stereocenters. The van der Waals surface area contributed by atoms with E-state index in [1.165, 1.54) is 15.4 Å². The Kier molecular flexibility index (Phi) is 3.04. The van der Waals surface area contributed by atoms with Gasteiger partial charge in [-0.1, -0.05) is 12.1 Å². The van der Waals surface area contributed by atoms with Crippen LogP contribution in [0.5, 0.6) is 0 Å². The first kappa shape index (κ1) is 13.4. The van der Waals surface area contributed by atoms with Gasteiger partial charge in [-0.2, -0.15) is 10.2 Å². The van der Waals surface area contributed by atoms with Crippen molar-refractivity contribution in [1.82, 2.24) is 24.0 Å². The minimum Gasteiger partial charge on any atom is -0.301 e. The third-order valence-electron chi connectivity index (χ3n) is 3.62. The second kappa shape index (κ2) is 5.20. The number of rotatable bonds is 3. The SMILES string of the molecule is O=c1c2cccn2cnn1Cc1cnn(-c2ccccc2F)c1. The van der Waals surface area contributed by atoms with Gasteiger partial charge in [-0.05, 0) is 24.3 Å². The molecule has 0 amide bonds. The van der Waals surface area contributed by atoms with Crippen molar-refractivity contribution in [3.05, 3.63) is 83.1 Å². The van der Waals surface area contributed by atoms with Crippen LogP contribution in [0, 0.1) is 5.82 Å². The van der Waals surface area contributed by atoms with Crippen molar-refractivity contribution in [3.63, 3.8) is 0 Å². The Morgan fingerprint density at radius 2 is 1.96 bits per heavy atom. The van der Waals surface area contributed by atoms with Crippen LogP contribution in [0.4, 0.5) is 4.39 Å². The second-order valence-corrected chi connectivity index (χ2v) is 5.14. The number of para-hydroxylation sites is 1. The van der Waals surface area contributed by atoms with Crippen LogP contribution in [-0.4, -0.2) is 24.0 Å². The summed E-state index contributed by atoms with van der Waals surface area (Å²) in [7, 11) is 0. The van der Waals surface area contributed by atoms with E-state index >= 15 is 0 Å². The van der Waals surface area contributed by atoms with Crippen LogP contribution in [0.15, 0.2) is 66.1 Å². The molecule has 0 fully saturated rings. The number of benzene rings is 1. The van der Waals surface area contributed by atoms with Gasteiger partial charge in [0.2, 0.25) is 0 Å². The molecule has 3 aromatic heterocycles. The molecule has 3 heterocycles. The van der Waals surface area contributed by atoms with Crippen LogP contribution in [-0.2, 0) is 6.54 Å². The summed E-state index contributed by atoms with van der Waals surface area (Å²) >= 11 is 0. The summed E-state index contributed by atoms with van der Waals surface area (Å²) in [5.41, 5.74) is 1.50. The Morgan fingerprint density at radius 3 is 2.83 bits per heavy atom. The molecule has 0 aliphatic rings. The molecule has 4 rings (SSSR count). The molecule has 1 aromatic carbocycles. The zero-order valence-electron chi connectivity index (χ0n) is 12.0. The van der Waals surface area contributed by atoms with Crippen LogP contribution in [0.1, 0.15) is 5.56 Å². The molecule has 0 spiro atoms. The summed E-state index contributed by atoms with van der Waals surface area (Å²) in [6.45, 7) is 0.273. The first-order valence-electron chi connectivity index (χ1n) is 7.03. The van der Waals surface area contributed by atoms with Crippen LogP contribution in [0.2, 0.25) is 0 Å². The van der Waals surface area contributed by atoms with Gasteiger partial charge in [0.25, 0.3) is 5.56 Å². The molecule has 0 bridgehead atoms. The van der Waals surface area contributed by atoms with Gasteiger partial charge in [0.05, 0.1) is 12.7 Å². The van der Waals surface area contributed by atoms with Gasteiger partial charge in [0.15, 0.2) is 0 Å². The zero-order chi connectivity index (χ0) is 15.8. The summed E-state index contributed by atoms with van der Waals surface area (Å²) in [6.07, 6.45) is 6.64. The van der Waals surface area contributed by atoms with Crippen molar-refractivity contribution in [2.75, 3.05) is 0 Å². The number of halogens is 1. The molecule has 6 nitrogen and oxygen atoms in total. The van der Waals surface area contributed by atoms with E-state index in [-0.39, 0.29) is 17.9 Å². The Hall–Kier alpha value is -3.22. The van der Waals surface area contributed by atoms with Crippen molar-refractivity contribution in [2.45, 2.75) is 6.54 Å². The number of aromatic nitrogens is 5. The van der Waals surface area contributed by atoms with E-state index < -0.39 is 0 Å². The predicted molar refractivity (Wildman–Crippen MR) is 82.1 cm³/mol. The average Bonchev–Trinajstić information content (AvgIpc) is 3.20. The lowest BCUT2D eigenvalue weighted by molar-refractivity contribution is 0.610. The molecule has 0 saturated heterocycles. The molecule has 114 valence electrons. The normalized spacial score (nSPS) is 11.2. The molecule has 7 heteroatoms. The maximum absolute atomic E-state index is 13.8. The second-order valence-electron chi connectivity index (χ2n) is 5.14. The van der Waals surface area contributed by atoms with E-state index in [1.807, 2.05) is 0 Å². The molecule has 0 saturated carbocycles. The molecule has 4 aromatic rings. The van der Waals surface area contributed by atoms with Gasteiger partial charge in [-0.3, -0.25) is 4.79 Å². The highest BCUT2D eigenvalue weighted by atomic mass is 19.1. The average molecular weight is 309 g/mol. The Labute approximate surface area is 130 Å². The maximum Gasteiger partial charge on any atom is 0.291 e. The van der Waals surface area contributed by atoms with Gasteiger partial charge in [-0.15, -0.1) is 0 Å². The van der Waals surface area contributed by atoms with Crippen molar-refractivity contribution in [3.8, 4) is 5.69 Å². The molecule has 0 aliphatic heterocycles. The topological polar surface area (TPSA) is 57.1 Å². The van der Waals surface area contributed by atoms with E-state index in [2.05, 4.69) is 10.2 Å². The van der Waals surface area contributed by atoms with Gasteiger partial charge in [-0.25, -0.2) is 13.8 Å². The van der Waals surface area contributed by atoms with E-state index in [0.717, 1.165) is 5.56 Å².